The number of fused-ring (bicyclic) bond motifs is 1. The van der Waals surface area contributed by atoms with Crippen molar-refractivity contribution >= 4 is 0 Å². The first kappa shape index (κ1) is 13.2. The van der Waals surface area contributed by atoms with Crippen molar-refractivity contribution in [2.75, 3.05) is 14.2 Å². The maximum absolute atomic E-state index is 5.25. The summed E-state index contributed by atoms with van der Waals surface area (Å²) in [5.41, 5.74) is 4.29. The smallest absolute Gasteiger partial charge is 0.118 e. The van der Waals surface area contributed by atoms with Gasteiger partial charge >= 0.3 is 0 Å². The van der Waals surface area contributed by atoms with E-state index in [1.54, 1.807) is 7.11 Å². The maximum atomic E-state index is 5.25. The van der Waals surface area contributed by atoms with E-state index in [1.165, 1.54) is 29.5 Å². The average Bonchev–Trinajstić information content (AvgIpc) is 2.54. The Hall–Kier alpha value is -1.80. The van der Waals surface area contributed by atoms with Gasteiger partial charge in [-0.15, -0.1) is 0 Å². The number of benzene rings is 2. The molecule has 1 N–H and O–H groups in total. The van der Waals surface area contributed by atoms with Gasteiger partial charge in [-0.3, -0.25) is 0 Å². The molecule has 0 saturated carbocycles. The van der Waals surface area contributed by atoms with E-state index in [1.807, 2.05) is 0 Å². The van der Waals surface area contributed by atoms with Gasteiger partial charge < -0.3 is 10.1 Å². The molecule has 3 rings (SSSR count). The fraction of sp³-hybridized carbons (Fsp3) is 0.333. The zero-order valence-corrected chi connectivity index (χ0v) is 12.1. The minimum atomic E-state index is 0.487. The van der Waals surface area contributed by atoms with E-state index < -0.39 is 0 Å². The summed E-state index contributed by atoms with van der Waals surface area (Å²) < 4.78 is 5.25. The van der Waals surface area contributed by atoms with Crippen LogP contribution >= 0.6 is 0 Å². The van der Waals surface area contributed by atoms with Gasteiger partial charge in [0.05, 0.1) is 7.11 Å². The molecule has 0 heterocycles. The molecule has 0 unspecified atom stereocenters. The maximum Gasteiger partial charge on any atom is 0.118 e. The van der Waals surface area contributed by atoms with Crippen LogP contribution in [0.15, 0.2) is 48.5 Å². The molecular formula is C18H21NO. The Balaban J connectivity index is 1.98. The van der Waals surface area contributed by atoms with Crippen LogP contribution in [0.25, 0.3) is 0 Å². The fourth-order valence-electron chi connectivity index (χ4n) is 3.27. The first-order valence-corrected chi connectivity index (χ1v) is 7.23. The van der Waals surface area contributed by atoms with Gasteiger partial charge in [-0.1, -0.05) is 36.4 Å². The van der Waals surface area contributed by atoms with Crippen molar-refractivity contribution < 1.29 is 4.74 Å². The third kappa shape index (κ3) is 2.32. The highest BCUT2D eigenvalue weighted by molar-refractivity contribution is 5.42. The molecule has 2 nitrogen and oxygen atoms in total. The lowest BCUT2D eigenvalue weighted by Gasteiger charge is -2.31. The molecule has 0 amide bonds. The van der Waals surface area contributed by atoms with Crippen LogP contribution in [0.4, 0.5) is 0 Å². The Morgan fingerprint density at radius 3 is 2.30 bits per heavy atom. The number of hydrogen-bond acceptors (Lipinski definition) is 2. The molecule has 104 valence electrons. The van der Waals surface area contributed by atoms with Gasteiger partial charge in [-0.2, -0.15) is 0 Å². The van der Waals surface area contributed by atoms with Crippen molar-refractivity contribution in [1.82, 2.24) is 5.32 Å². The molecule has 2 aromatic carbocycles. The van der Waals surface area contributed by atoms with Crippen LogP contribution in [-0.4, -0.2) is 14.2 Å². The van der Waals surface area contributed by atoms with Gasteiger partial charge in [0.25, 0.3) is 0 Å². The van der Waals surface area contributed by atoms with Crippen molar-refractivity contribution in [2.24, 2.45) is 0 Å². The number of rotatable bonds is 3. The molecule has 2 heteroatoms. The highest BCUT2D eigenvalue weighted by atomic mass is 16.5. The van der Waals surface area contributed by atoms with E-state index in [0.29, 0.717) is 12.0 Å². The van der Waals surface area contributed by atoms with E-state index in [-0.39, 0.29) is 0 Å². The molecule has 1 aliphatic carbocycles. The van der Waals surface area contributed by atoms with Gasteiger partial charge in [0.15, 0.2) is 0 Å². The molecule has 0 saturated heterocycles. The van der Waals surface area contributed by atoms with Crippen LogP contribution in [0.1, 0.15) is 41.5 Å². The number of nitrogens with one attached hydrogen (secondary N) is 1. The third-order valence-corrected chi connectivity index (χ3v) is 4.36. The molecule has 20 heavy (non-hydrogen) atoms. The highest BCUT2D eigenvalue weighted by Gasteiger charge is 2.26. The van der Waals surface area contributed by atoms with Crippen LogP contribution < -0.4 is 10.1 Å². The minimum Gasteiger partial charge on any atom is -0.497 e. The summed E-state index contributed by atoms with van der Waals surface area (Å²) in [6.07, 6.45) is 2.37. The quantitative estimate of drug-likeness (QED) is 0.911. The van der Waals surface area contributed by atoms with E-state index in [4.69, 9.17) is 4.74 Å². The Labute approximate surface area is 120 Å². The molecular weight excluding hydrogens is 246 g/mol. The first-order chi connectivity index (χ1) is 9.83. The second-order valence-corrected chi connectivity index (χ2v) is 5.37. The Morgan fingerprint density at radius 1 is 0.950 bits per heavy atom. The summed E-state index contributed by atoms with van der Waals surface area (Å²) in [5, 5.41) is 3.43. The number of methoxy groups -OCH3 is 1. The fourth-order valence-corrected chi connectivity index (χ4v) is 3.27. The zero-order valence-electron chi connectivity index (χ0n) is 12.1. The summed E-state index contributed by atoms with van der Waals surface area (Å²) in [4.78, 5) is 0. The predicted molar refractivity (Wildman–Crippen MR) is 82.3 cm³/mol. The van der Waals surface area contributed by atoms with Crippen molar-refractivity contribution in [2.45, 2.75) is 24.8 Å². The minimum absolute atomic E-state index is 0.487. The monoisotopic (exact) mass is 267 g/mol. The second-order valence-electron chi connectivity index (χ2n) is 5.37. The third-order valence-electron chi connectivity index (χ3n) is 4.36. The summed E-state index contributed by atoms with van der Waals surface area (Å²) in [6.45, 7) is 0. The average molecular weight is 267 g/mol. The molecule has 0 spiro atoms. The Kier molecular flexibility index (Phi) is 3.75. The van der Waals surface area contributed by atoms with E-state index in [2.05, 4.69) is 60.9 Å². The van der Waals surface area contributed by atoms with Crippen molar-refractivity contribution in [3.8, 4) is 5.75 Å². The van der Waals surface area contributed by atoms with Gasteiger partial charge in [0.1, 0.15) is 5.75 Å². The largest absolute Gasteiger partial charge is 0.497 e. The number of ether oxygens (including phenoxy) is 1. The lowest BCUT2D eigenvalue weighted by molar-refractivity contribution is 0.414. The van der Waals surface area contributed by atoms with Crippen LogP contribution in [0.5, 0.6) is 5.75 Å². The SMILES string of the molecule is CN[C@@H]1CC[C@@H](c2ccc(OC)cc2)c2ccccc21. The second kappa shape index (κ2) is 5.68. The van der Waals surface area contributed by atoms with Crippen LogP contribution in [0.2, 0.25) is 0 Å². The lowest BCUT2D eigenvalue weighted by atomic mass is 9.77. The standard InChI is InChI=1S/C18H21NO/c1-19-18-12-11-15(16-5-3-4-6-17(16)18)13-7-9-14(20-2)10-8-13/h3-10,15,18-19H,11-12H2,1-2H3/t15-,18+/m0/s1. The van der Waals surface area contributed by atoms with Gasteiger partial charge in [0.2, 0.25) is 0 Å². The number of hydrogen-bond donors (Lipinski definition) is 1. The summed E-state index contributed by atoms with van der Waals surface area (Å²) >= 11 is 0. The van der Waals surface area contributed by atoms with Crippen molar-refractivity contribution in [3.05, 3.63) is 65.2 Å². The van der Waals surface area contributed by atoms with E-state index in [0.717, 1.165) is 5.75 Å². The normalized spacial score (nSPS) is 21.3. The van der Waals surface area contributed by atoms with E-state index in [9.17, 15) is 0 Å². The molecule has 0 bridgehead atoms. The van der Waals surface area contributed by atoms with Crippen molar-refractivity contribution in [1.29, 1.82) is 0 Å². The first-order valence-electron chi connectivity index (χ1n) is 7.23. The van der Waals surface area contributed by atoms with Crippen molar-refractivity contribution in [3.63, 3.8) is 0 Å². The van der Waals surface area contributed by atoms with E-state index >= 15 is 0 Å². The summed E-state index contributed by atoms with van der Waals surface area (Å²) in [5.74, 6) is 1.42. The molecule has 0 aliphatic heterocycles. The van der Waals surface area contributed by atoms with Gasteiger partial charge in [0, 0.05) is 12.0 Å². The zero-order chi connectivity index (χ0) is 13.9. The summed E-state index contributed by atoms with van der Waals surface area (Å²) in [6, 6.07) is 17.8. The highest BCUT2D eigenvalue weighted by Crippen LogP contribution is 2.41. The van der Waals surface area contributed by atoms with Gasteiger partial charge in [-0.25, -0.2) is 0 Å². The predicted octanol–water partition coefficient (Wildman–Crippen LogP) is 3.88. The van der Waals surface area contributed by atoms with Crippen LogP contribution in [-0.2, 0) is 0 Å². The Bertz CT molecular complexity index is 576. The topological polar surface area (TPSA) is 21.3 Å². The lowest BCUT2D eigenvalue weighted by Crippen LogP contribution is -2.24. The molecule has 0 radical (unpaired) electrons. The van der Waals surface area contributed by atoms with Crippen LogP contribution in [0, 0.1) is 0 Å². The van der Waals surface area contributed by atoms with Gasteiger partial charge in [-0.05, 0) is 48.7 Å². The molecule has 0 aromatic heterocycles. The molecule has 0 fully saturated rings. The molecule has 2 aromatic rings. The Morgan fingerprint density at radius 2 is 1.65 bits per heavy atom. The molecule has 1 aliphatic rings. The van der Waals surface area contributed by atoms with Crippen LogP contribution in [0.3, 0.4) is 0 Å². The molecule has 2 atom stereocenters. The summed E-state index contributed by atoms with van der Waals surface area (Å²) in [7, 11) is 3.76.